The summed E-state index contributed by atoms with van der Waals surface area (Å²) in [6, 6.07) is 0.573. The van der Waals surface area contributed by atoms with Crippen LogP contribution in [-0.2, 0) is 4.79 Å². The molecule has 0 aromatic heterocycles. The van der Waals surface area contributed by atoms with Crippen LogP contribution in [0.1, 0.15) is 19.3 Å². The summed E-state index contributed by atoms with van der Waals surface area (Å²) < 4.78 is 0. The number of likely N-dealkylation sites (tertiary alicyclic amines) is 1. The number of thioether (sulfide) groups is 1. The van der Waals surface area contributed by atoms with Gasteiger partial charge in [-0.15, -0.1) is 0 Å². The maximum atomic E-state index is 11.5. The Bertz CT molecular complexity index is 204. The first-order chi connectivity index (χ1) is 6.27. The fraction of sp³-hybridized carbons (Fsp3) is 0.889. The molecule has 2 fully saturated rings. The van der Waals surface area contributed by atoms with Gasteiger partial charge in [0.1, 0.15) is 0 Å². The molecule has 2 aliphatic rings. The lowest BCUT2D eigenvalue weighted by Gasteiger charge is -2.30. The van der Waals surface area contributed by atoms with Gasteiger partial charge in [0.25, 0.3) is 0 Å². The van der Waals surface area contributed by atoms with Gasteiger partial charge in [0.05, 0.1) is 0 Å². The van der Waals surface area contributed by atoms with Crippen LogP contribution in [0.4, 0.5) is 0 Å². The fourth-order valence-electron chi connectivity index (χ4n) is 2.11. The molecule has 0 aromatic rings. The molecule has 0 bridgehead atoms. The highest BCUT2D eigenvalue weighted by atomic mass is 32.2. The number of carbonyl (C=O) groups is 1. The minimum absolute atomic E-state index is 0.0853. The van der Waals surface area contributed by atoms with Crippen molar-refractivity contribution in [1.82, 2.24) is 4.90 Å². The zero-order chi connectivity index (χ0) is 9.26. The van der Waals surface area contributed by atoms with Crippen molar-refractivity contribution in [1.29, 1.82) is 0 Å². The summed E-state index contributed by atoms with van der Waals surface area (Å²) in [5.41, 5.74) is 5.75. The van der Waals surface area contributed by atoms with E-state index in [1.54, 1.807) is 0 Å². The predicted molar refractivity (Wildman–Crippen MR) is 54.7 cm³/mol. The molecule has 13 heavy (non-hydrogen) atoms. The maximum absolute atomic E-state index is 11.5. The molecule has 1 atom stereocenters. The molecule has 0 saturated carbocycles. The second-order valence-electron chi connectivity index (χ2n) is 3.85. The second kappa shape index (κ2) is 3.88. The lowest BCUT2D eigenvalue weighted by atomic mass is 10.1. The fourth-order valence-corrected chi connectivity index (χ4v) is 3.19. The number of hydrogen-bond acceptors (Lipinski definition) is 3. The van der Waals surface area contributed by atoms with E-state index in [1.165, 1.54) is 11.5 Å². The third-order valence-electron chi connectivity index (χ3n) is 2.82. The van der Waals surface area contributed by atoms with E-state index in [0.29, 0.717) is 12.5 Å². The SMILES string of the molecule is NC1CC(=O)N(C2CCSCC2)C1. The predicted octanol–water partition coefficient (Wildman–Crippen LogP) is 0.442. The van der Waals surface area contributed by atoms with Crippen molar-refractivity contribution < 1.29 is 4.79 Å². The molecule has 0 aromatic carbocycles. The topological polar surface area (TPSA) is 46.3 Å². The van der Waals surface area contributed by atoms with Crippen LogP contribution in [0.2, 0.25) is 0 Å². The van der Waals surface area contributed by atoms with Gasteiger partial charge in [-0.3, -0.25) is 4.79 Å². The molecule has 1 amide bonds. The third kappa shape index (κ3) is 1.99. The molecule has 2 saturated heterocycles. The average Bonchev–Trinajstić information content (AvgIpc) is 2.47. The van der Waals surface area contributed by atoms with E-state index in [-0.39, 0.29) is 11.9 Å². The van der Waals surface area contributed by atoms with Crippen LogP contribution in [-0.4, -0.2) is 40.9 Å². The van der Waals surface area contributed by atoms with E-state index in [9.17, 15) is 4.79 Å². The number of nitrogens with zero attached hydrogens (tertiary/aromatic N) is 1. The Kier molecular flexibility index (Phi) is 2.79. The Labute approximate surface area is 83.0 Å². The summed E-state index contributed by atoms with van der Waals surface area (Å²) in [7, 11) is 0. The molecule has 74 valence electrons. The summed E-state index contributed by atoms with van der Waals surface area (Å²) in [6.45, 7) is 0.786. The van der Waals surface area contributed by atoms with Gasteiger partial charge in [0.15, 0.2) is 0 Å². The van der Waals surface area contributed by atoms with Gasteiger partial charge in [-0.05, 0) is 24.3 Å². The Morgan fingerprint density at radius 3 is 2.62 bits per heavy atom. The van der Waals surface area contributed by atoms with Crippen LogP contribution in [0.3, 0.4) is 0 Å². The smallest absolute Gasteiger partial charge is 0.224 e. The van der Waals surface area contributed by atoms with Crippen LogP contribution in [0.15, 0.2) is 0 Å². The number of carbonyl (C=O) groups excluding carboxylic acids is 1. The molecule has 2 heterocycles. The average molecular weight is 200 g/mol. The minimum Gasteiger partial charge on any atom is -0.338 e. The van der Waals surface area contributed by atoms with Crippen molar-refractivity contribution in [2.75, 3.05) is 18.1 Å². The lowest BCUT2D eigenvalue weighted by molar-refractivity contribution is -0.129. The van der Waals surface area contributed by atoms with Crippen LogP contribution in [0.5, 0.6) is 0 Å². The summed E-state index contributed by atoms with van der Waals surface area (Å²) in [5, 5.41) is 0. The molecular formula is C9H16N2OS. The van der Waals surface area contributed by atoms with Crippen LogP contribution in [0.25, 0.3) is 0 Å². The van der Waals surface area contributed by atoms with Crippen LogP contribution >= 0.6 is 11.8 Å². The van der Waals surface area contributed by atoms with Gasteiger partial charge in [-0.1, -0.05) is 0 Å². The van der Waals surface area contributed by atoms with Gasteiger partial charge >= 0.3 is 0 Å². The summed E-state index contributed by atoms with van der Waals surface area (Å²) >= 11 is 1.99. The third-order valence-corrected chi connectivity index (χ3v) is 3.87. The lowest BCUT2D eigenvalue weighted by Crippen LogP contribution is -2.40. The van der Waals surface area contributed by atoms with E-state index in [2.05, 4.69) is 0 Å². The van der Waals surface area contributed by atoms with Crippen LogP contribution in [0, 0.1) is 0 Å². The zero-order valence-electron chi connectivity index (χ0n) is 7.74. The number of amides is 1. The van der Waals surface area contributed by atoms with E-state index >= 15 is 0 Å². The normalized spacial score (nSPS) is 31.3. The summed E-state index contributed by atoms with van der Waals surface area (Å²) in [6.07, 6.45) is 2.87. The molecule has 3 nitrogen and oxygen atoms in total. The van der Waals surface area contributed by atoms with Crippen molar-refractivity contribution in [2.24, 2.45) is 5.73 Å². The Hall–Kier alpha value is -0.220. The summed E-state index contributed by atoms with van der Waals surface area (Å²) in [4.78, 5) is 13.5. The molecule has 0 radical (unpaired) electrons. The molecule has 2 N–H and O–H groups in total. The number of hydrogen-bond donors (Lipinski definition) is 1. The molecule has 0 spiro atoms. The zero-order valence-corrected chi connectivity index (χ0v) is 8.55. The molecule has 2 aliphatic heterocycles. The van der Waals surface area contributed by atoms with Gasteiger partial charge in [0, 0.05) is 25.0 Å². The standard InChI is InChI=1S/C9H16N2OS/c10-7-5-9(12)11(6-7)8-1-3-13-4-2-8/h7-8H,1-6,10H2. The molecule has 1 unspecified atom stereocenters. The number of rotatable bonds is 1. The Morgan fingerprint density at radius 1 is 1.38 bits per heavy atom. The molecule has 4 heteroatoms. The van der Waals surface area contributed by atoms with Crippen molar-refractivity contribution in [3.63, 3.8) is 0 Å². The Morgan fingerprint density at radius 2 is 2.08 bits per heavy atom. The highest BCUT2D eigenvalue weighted by molar-refractivity contribution is 7.99. The number of nitrogens with two attached hydrogens (primary N) is 1. The van der Waals surface area contributed by atoms with Crippen molar-refractivity contribution >= 4 is 17.7 Å². The van der Waals surface area contributed by atoms with Crippen LogP contribution < -0.4 is 5.73 Å². The first kappa shape index (κ1) is 9.34. The molecular weight excluding hydrogens is 184 g/mol. The van der Waals surface area contributed by atoms with Gasteiger partial charge in [-0.25, -0.2) is 0 Å². The second-order valence-corrected chi connectivity index (χ2v) is 5.08. The first-order valence-corrected chi connectivity index (χ1v) is 6.05. The summed E-state index contributed by atoms with van der Waals surface area (Å²) in [5.74, 6) is 2.66. The van der Waals surface area contributed by atoms with Gasteiger partial charge < -0.3 is 10.6 Å². The highest BCUT2D eigenvalue weighted by Crippen LogP contribution is 2.24. The Balaban J connectivity index is 1.95. The van der Waals surface area contributed by atoms with Gasteiger partial charge in [-0.2, -0.15) is 11.8 Å². The van der Waals surface area contributed by atoms with Crippen molar-refractivity contribution in [3.05, 3.63) is 0 Å². The maximum Gasteiger partial charge on any atom is 0.224 e. The van der Waals surface area contributed by atoms with E-state index in [1.807, 2.05) is 16.7 Å². The van der Waals surface area contributed by atoms with Gasteiger partial charge in [0.2, 0.25) is 5.91 Å². The molecule has 2 rings (SSSR count). The molecule has 0 aliphatic carbocycles. The van der Waals surface area contributed by atoms with E-state index in [4.69, 9.17) is 5.73 Å². The van der Waals surface area contributed by atoms with Crippen molar-refractivity contribution in [3.8, 4) is 0 Å². The van der Waals surface area contributed by atoms with Crippen molar-refractivity contribution in [2.45, 2.75) is 31.3 Å². The highest BCUT2D eigenvalue weighted by Gasteiger charge is 2.32. The largest absolute Gasteiger partial charge is 0.338 e. The minimum atomic E-state index is 0.0853. The monoisotopic (exact) mass is 200 g/mol. The quantitative estimate of drug-likeness (QED) is 0.668. The first-order valence-electron chi connectivity index (χ1n) is 4.90. The van der Waals surface area contributed by atoms with E-state index in [0.717, 1.165) is 19.4 Å². The van der Waals surface area contributed by atoms with E-state index < -0.39 is 0 Å².